The van der Waals surface area contributed by atoms with Gasteiger partial charge in [-0.2, -0.15) is 0 Å². The van der Waals surface area contributed by atoms with Gasteiger partial charge in [-0.15, -0.1) is 0 Å². The van der Waals surface area contributed by atoms with Crippen LogP contribution in [0.4, 0.5) is 5.69 Å². The standard InChI is InChI=1S/C25H37N3S/c1-3-17(2)20-4-6-23(7-5-20)26-25(29)28-10-8-27(9-11-28)24-21-13-18-12-19(15-21)16-22(24)14-18/h4-7,17-19,21-22,24H,3,8-16H2,1-2H3,(H,26,29). The van der Waals surface area contributed by atoms with Crippen LogP contribution in [0.5, 0.6) is 0 Å². The SMILES string of the molecule is CCC(C)c1ccc(NC(=S)N2CCN(C3C4CC5CC(C4)CC3C5)CC2)cc1. The highest BCUT2D eigenvalue weighted by Crippen LogP contribution is 2.55. The zero-order valence-electron chi connectivity index (χ0n) is 18.1. The summed E-state index contributed by atoms with van der Waals surface area (Å²) < 4.78 is 0. The van der Waals surface area contributed by atoms with Crippen molar-refractivity contribution in [1.29, 1.82) is 0 Å². The molecule has 1 heterocycles. The third-order valence-corrected chi connectivity index (χ3v) is 8.90. The number of benzene rings is 1. The van der Waals surface area contributed by atoms with E-state index in [1.165, 1.54) is 50.8 Å². The van der Waals surface area contributed by atoms with E-state index in [-0.39, 0.29) is 0 Å². The first-order valence-electron chi connectivity index (χ1n) is 12.0. The lowest BCUT2D eigenvalue weighted by molar-refractivity contribution is -0.0726. The summed E-state index contributed by atoms with van der Waals surface area (Å²) in [5.74, 6) is 4.74. The number of thiocarbonyl (C=S) groups is 1. The molecule has 1 unspecified atom stereocenters. The Morgan fingerprint density at radius 1 is 0.966 bits per heavy atom. The summed E-state index contributed by atoms with van der Waals surface area (Å²) in [5.41, 5.74) is 2.53. The molecule has 5 fully saturated rings. The molecule has 4 saturated carbocycles. The first-order chi connectivity index (χ1) is 14.1. The van der Waals surface area contributed by atoms with Crippen LogP contribution in [0.3, 0.4) is 0 Å². The highest BCUT2D eigenvalue weighted by Gasteiger charge is 2.50. The van der Waals surface area contributed by atoms with Crippen molar-refractivity contribution in [3.8, 4) is 0 Å². The van der Waals surface area contributed by atoms with Crippen molar-refractivity contribution in [2.45, 2.75) is 64.3 Å². The maximum Gasteiger partial charge on any atom is 0.173 e. The number of nitrogens with one attached hydrogen (secondary N) is 1. The van der Waals surface area contributed by atoms with Crippen LogP contribution in [0.25, 0.3) is 0 Å². The maximum absolute atomic E-state index is 5.76. The molecular formula is C25H37N3S. The van der Waals surface area contributed by atoms with E-state index in [9.17, 15) is 0 Å². The second kappa shape index (κ2) is 8.19. The first kappa shape index (κ1) is 19.8. The molecule has 1 aliphatic heterocycles. The third-order valence-electron chi connectivity index (χ3n) is 8.54. The molecule has 1 N–H and O–H groups in total. The van der Waals surface area contributed by atoms with E-state index in [1.54, 1.807) is 6.42 Å². The monoisotopic (exact) mass is 411 g/mol. The van der Waals surface area contributed by atoms with Gasteiger partial charge in [0, 0.05) is 37.9 Å². The van der Waals surface area contributed by atoms with Gasteiger partial charge in [-0.05, 0) is 98.0 Å². The largest absolute Gasteiger partial charge is 0.346 e. The Hall–Kier alpha value is -1.13. The second-order valence-corrected chi connectivity index (χ2v) is 10.7. The van der Waals surface area contributed by atoms with Crippen LogP contribution >= 0.6 is 12.2 Å². The second-order valence-electron chi connectivity index (χ2n) is 10.3. The Bertz CT molecular complexity index is 694. The summed E-state index contributed by atoms with van der Waals surface area (Å²) in [5, 5.41) is 4.37. The Morgan fingerprint density at radius 3 is 2.10 bits per heavy atom. The molecule has 1 atom stereocenters. The van der Waals surface area contributed by atoms with Crippen molar-refractivity contribution in [3.05, 3.63) is 29.8 Å². The number of nitrogens with zero attached hydrogens (tertiary/aromatic N) is 2. The summed E-state index contributed by atoms with van der Waals surface area (Å²) in [6, 6.07) is 9.71. The van der Waals surface area contributed by atoms with Crippen molar-refractivity contribution >= 4 is 23.0 Å². The molecule has 1 saturated heterocycles. The van der Waals surface area contributed by atoms with Crippen molar-refractivity contribution in [1.82, 2.24) is 9.80 Å². The Labute approximate surface area is 182 Å². The van der Waals surface area contributed by atoms with Crippen molar-refractivity contribution < 1.29 is 0 Å². The van der Waals surface area contributed by atoms with E-state index in [2.05, 4.69) is 53.2 Å². The van der Waals surface area contributed by atoms with Gasteiger partial charge in [0.25, 0.3) is 0 Å². The summed E-state index contributed by atoms with van der Waals surface area (Å²) >= 11 is 5.76. The fourth-order valence-electron chi connectivity index (χ4n) is 7.05. The van der Waals surface area contributed by atoms with Gasteiger partial charge in [0.2, 0.25) is 0 Å². The number of piperazine rings is 1. The van der Waals surface area contributed by atoms with Gasteiger partial charge in [0.05, 0.1) is 0 Å². The zero-order valence-corrected chi connectivity index (χ0v) is 19.0. The molecular weight excluding hydrogens is 374 g/mol. The van der Waals surface area contributed by atoms with Crippen LogP contribution in [0, 0.1) is 23.7 Å². The van der Waals surface area contributed by atoms with Crippen LogP contribution in [0.2, 0.25) is 0 Å². The molecule has 6 rings (SSSR count). The van der Waals surface area contributed by atoms with E-state index in [0.717, 1.165) is 53.6 Å². The number of anilines is 1. The van der Waals surface area contributed by atoms with Crippen LogP contribution in [-0.2, 0) is 0 Å². The van der Waals surface area contributed by atoms with Gasteiger partial charge >= 0.3 is 0 Å². The Balaban J connectivity index is 1.14. The smallest absolute Gasteiger partial charge is 0.173 e. The predicted molar refractivity (Wildman–Crippen MR) is 125 cm³/mol. The highest BCUT2D eigenvalue weighted by atomic mass is 32.1. The maximum atomic E-state index is 5.76. The van der Waals surface area contributed by atoms with E-state index < -0.39 is 0 Å². The molecule has 158 valence electrons. The van der Waals surface area contributed by atoms with Gasteiger partial charge in [-0.25, -0.2) is 0 Å². The summed E-state index contributed by atoms with van der Waals surface area (Å²) in [4.78, 5) is 5.22. The third kappa shape index (κ3) is 3.95. The van der Waals surface area contributed by atoms with Crippen LogP contribution in [0.1, 0.15) is 63.9 Å². The van der Waals surface area contributed by atoms with Crippen LogP contribution < -0.4 is 5.32 Å². The normalized spacial score (nSPS) is 35.0. The van der Waals surface area contributed by atoms with Crippen LogP contribution in [0.15, 0.2) is 24.3 Å². The first-order valence-corrected chi connectivity index (χ1v) is 12.4. The molecule has 3 nitrogen and oxygen atoms in total. The average molecular weight is 412 g/mol. The van der Waals surface area contributed by atoms with Gasteiger partial charge in [0.15, 0.2) is 5.11 Å². The summed E-state index contributed by atoms with van der Waals surface area (Å²) in [6.07, 6.45) is 8.80. The van der Waals surface area contributed by atoms with Crippen molar-refractivity contribution in [2.24, 2.45) is 23.7 Å². The Morgan fingerprint density at radius 2 is 1.55 bits per heavy atom. The summed E-state index contributed by atoms with van der Waals surface area (Å²) in [7, 11) is 0. The van der Waals surface area contributed by atoms with E-state index in [4.69, 9.17) is 12.2 Å². The Kier molecular flexibility index (Phi) is 5.59. The zero-order chi connectivity index (χ0) is 20.0. The van der Waals surface area contributed by atoms with E-state index in [0.29, 0.717) is 5.92 Å². The van der Waals surface area contributed by atoms with E-state index >= 15 is 0 Å². The molecule has 4 aliphatic carbocycles. The lowest BCUT2D eigenvalue weighted by Crippen LogP contribution is -2.60. The molecule has 0 aromatic heterocycles. The van der Waals surface area contributed by atoms with Crippen molar-refractivity contribution in [2.75, 3.05) is 31.5 Å². The molecule has 1 aromatic carbocycles. The van der Waals surface area contributed by atoms with Crippen LogP contribution in [-0.4, -0.2) is 47.1 Å². The molecule has 4 bridgehead atoms. The quantitative estimate of drug-likeness (QED) is 0.674. The molecule has 1 aromatic rings. The lowest BCUT2D eigenvalue weighted by atomic mass is 9.54. The fourth-order valence-corrected chi connectivity index (χ4v) is 7.35. The van der Waals surface area contributed by atoms with E-state index in [1.807, 2.05) is 0 Å². The van der Waals surface area contributed by atoms with Gasteiger partial charge < -0.3 is 10.2 Å². The number of hydrogen-bond donors (Lipinski definition) is 1. The highest BCUT2D eigenvalue weighted by molar-refractivity contribution is 7.80. The molecule has 4 heteroatoms. The minimum atomic E-state index is 0.620. The van der Waals surface area contributed by atoms with Gasteiger partial charge in [-0.1, -0.05) is 26.0 Å². The topological polar surface area (TPSA) is 18.5 Å². The summed E-state index contributed by atoms with van der Waals surface area (Å²) in [6.45, 7) is 9.04. The van der Waals surface area contributed by atoms with Gasteiger partial charge in [0.1, 0.15) is 0 Å². The minimum Gasteiger partial charge on any atom is -0.346 e. The number of hydrogen-bond acceptors (Lipinski definition) is 2. The molecule has 5 aliphatic rings. The van der Waals surface area contributed by atoms with Gasteiger partial charge in [-0.3, -0.25) is 4.90 Å². The van der Waals surface area contributed by atoms with Crippen molar-refractivity contribution in [3.63, 3.8) is 0 Å². The molecule has 0 radical (unpaired) electrons. The predicted octanol–water partition coefficient (Wildman–Crippen LogP) is 5.34. The molecule has 0 amide bonds. The molecule has 29 heavy (non-hydrogen) atoms. The molecule has 0 spiro atoms. The average Bonchev–Trinajstić information content (AvgIpc) is 2.73. The number of rotatable bonds is 4. The fraction of sp³-hybridized carbons (Fsp3) is 0.720. The lowest BCUT2D eigenvalue weighted by Gasteiger charge is -2.58. The minimum absolute atomic E-state index is 0.620.